The maximum absolute atomic E-state index is 13.8. The number of imidazole rings is 1. The Hall–Kier alpha value is -3.35. The first-order chi connectivity index (χ1) is 14.7. The number of aryl methyl sites for hydroxylation is 1. The van der Waals surface area contributed by atoms with Gasteiger partial charge < -0.3 is 5.73 Å². The van der Waals surface area contributed by atoms with Gasteiger partial charge in [0.25, 0.3) is 0 Å². The Morgan fingerprint density at radius 1 is 1.23 bits per heavy atom. The molecule has 3 rings (SSSR count). The van der Waals surface area contributed by atoms with Gasteiger partial charge in [0.15, 0.2) is 5.65 Å². The molecule has 0 amide bonds. The molecule has 0 aliphatic heterocycles. The fourth-order valence-corrected chi connectivity index (χ4v) is 3.25. The first-order valence-corrected chi connectivity index (χ1v) is 10.1. The quantitative estimate of drug-likeness (QED) is 0.345. The molecule has 0 aliphatic carbocycles. The summed E-state index contributed by atoms with van der Waals surface area (Å²) in [5.74, 6) is 0. The van der Waals surface area contributed by atoms with E-state index in [4.69, 9.17) is 5.73 Å². The smallest absolute Gasteiger partial charge is 0.398 e. The fraction of sp³-hybridized carbons (Fsp3) is 0.250. The van der Waals surface area contributed by atoms with Crippen LogP contribution < -0.4 is 5.73 Å². The average molecular weight is 426 g/mol. The standard InChI is InChI=1S/C24H25F3N4/c1-4-6-8-18(19(9-7-5-2)24(25,26)27)21-12-13-23-29-22(15-31(23)30-21)17-11-10-16(3)20(28)14-17/h4,6,8,10-15H,1,5,7,9,28H2,2-3H3. The van der Waals surface area contributed by atoms with Crippen molar-refractivity contribution in [1.29, 1.82) is 0 Å². The van der Waals surface area contributed by atoms with Crippen LogP contribution in [0.5, 0.6) is 0 Å². The highest BCUT2D eigenvalue weighted by atomic mass is 19.4. The Morgan fingerprint density at radius 2 is 2.00 bits per heavy atom. The lowest BCUT2D eigenvalue weighted by molar-refractivity contribution is -0.0934. The molecule has 4 nitrogen and oxygen atoms in total. The second-order valence-electron chi connectivity index (χ2n) is 7.31. The zero-order valence-corrected chi connectivity index (χ0v) is 17.6. The summed E-state index contributed by atoms with van der Waals surface area (Å²) in [6.45, 7) is 7.35. The number of nitrogens with zero attached hydrogens (tertiary/aromatic N) is 3. The average Bonchev–Trinajstić information content (AvgIpc) is 3.15. The molecular formula is C24H25F3N4. The summed E-state index contributed by atoms with van der Waals surface area (Å²) in [6.07, 6.45) is 2.62. The Kier molecular flexibility index (Phi) is 6.63. The number of fused-ring (bicyclic) bond motifs is 1. The molecular weight excluding hydrogens is 401 g/mol. The van der Waals surface area contributed by atoms with Crippen LogP contribution in [0, 0.1) is 6.92 Å². The first-order valence-electron chi connectivity index (χ1n) is 10.1. The van der Waals surface area contributed by atoms with Gasteiger partial charge in [0, 0.05) is 22.4 Å². The molecule has 0 bridgehead atoms. The van der Waals surface area contributed by atoms with Crippen LogP contribution in [0.15, 0.2) is 66.9 Å². The van der Waals surface area contributed by atoms with Gasteiger partial charge >= 0.3 is 6.18 Å². The van der Waals surface area contributed by atoms with Crippen molar-refractivity contribution in [3.05, 3.63) is 78.2 Å². The Balaban J connectivity index is 2.13. The number of nitrogens with two attached hydrogens (primary N) is 1. The largest absolute Gasteiger partial charge is 0.413 e. The number of nitrogen functional groups attached to an aromatic ring is 1. The lowest BCUT2D eigenvalue weighted by atomic mass is 9.98. The van der Waals surface area contributed by atoms with E-state index < -0.39 is 11.7 Å². The number of hydrogen-bond acceptors (Lipinski definition) is 3. The third-order valence-corrected chi connectivity index (χ3v) is 5.02. The molecule has 0 aliphatic rings. The number of benzene rings is 1. The fourth-order valence-electron chi connectivity index (χ4n) is 3.25. The summed E-state index contributed by atoms with van der Waals surface area (Å²) in [5.41, 5.74) is 9.27. The number of allylic oxidation sites excluding steroid dienone is 5. The van der Waals surface area contributed by atoms with Gasteiger partial charge in [0.1, 0.15) is 0 Å². The molecule has 31 heavy (non-hydrogen) atoms. The van der Waals surface area contributed by atoms with Crippen LogP contribution in [0.2, 0.25) is 0 Å². The molecule has 0 radical (unpaired) electrons. The molecule has 0 saturated heterocycles. The van der Waals surface area contributed by atoms with Gasteiger partial charge in [-0.15, -0.1) is 0 Å². The van der Waals surface area contributed by atoms with Gasteiger partial charge in [-0.2, -0.15) is 18.3 Å². The number of halogens is 3. The number of alkyl halides is 3. The first kappa shape index (κ1) is 22.3. The molecule has 2 N–H and O–H groups in total. The molecule has 0 spiro atoms. The van der Waals surface area contributed by atoms with E-state index in [0.717, 1.165) is 11.1 Å². The van der Waals surface area contributed by atoms with E-state index in [1.807, 2.05) is 32.0 Å². The number of rotatable bonds is 7. The summed E-state index contributed by atoms with van der Waals surface area (Å²) >= 11 is 0. The van der Waals surface area contributed by atoms with Crippen LogP contribution in [0.3, 0.4) is 0 Å². The molecule has 162 valence electrons. The van der Waals surface area contributed by atoms with E-state index in [2.05, 4.69) is 16.7 Å². The predicted octanol–water partition coefficient (Wildman–Crippen LogP) is 6.54. The molecule has 0 saturated carbocycles. The highest BCUT2D eigenvalue weighted by Crippen LogP contribution is 2.36. The third kappa shape index (κ3) is 5.05. The van der Waals surface area contributed by atoms with E-state index in [1.54, 1.807) is 18.3 Å². The van der Waals surface area contributed by atoms with Gasteiger partial charge in [0.2, 0.25) is 0 Å². The van der Waals surface area contributed by atoms with Gasteiger partial charge in [-0.25, -0.2) is 9.50 Å². The molecule has 0 atom stereocenters. The van der Waals surface area contributed by atoms with E-state index in [0.29, 0.717) is 29.9 Å². The van der Waals surface area contributed by atoms with Gasteiger partial charge in [-0.05, 0) is 43.5 Å². The van der Waals surface area contributed by atoms with Crippen LogP contribution >= 0.6 is 0 Å². The van der Waals surface area contributed by atoms with E-state index >= 15 is 0 Å². The van der Waals surface area contributed by atoms with Crippen molar-refractivity contribution in [2.24, 2.45) is 0 Å². The molecule has 0 fully saturated rings. The monoisotopic (exact) mass is 426 g/mol. The Labute approximate surface area is 179 Å². The van der Waals surface area contributed by atoms with E-state index in [9.17, 15) is 13.2 Å². The Morgan fingerprint density at radius 3 is 2.65 bits per heavy atom. The van der Waals surface area contributed by atoms with Gasteiger partial charge in [-0.1, -0.05) is 50.3 Å². The molecule has 7 heteroatoms. The summed E-state index contributed by atoms with van der Waals surface area (Å²) in [5, 5.41) is 4.44. The van der Waals surface area contributed by atoms with Crippen molar-refractivity contribution >= 4 is 16.9 Å². The van der Waals surface area contributed by atoms with Crippen molar-refractivity contribution in [3.63, 3.8) is 0 Å². The number of anilines is 1. The highest BCUT2D eigenvalue weighted by molar-refractivity contribution is 5.76. The zero-order chi connectivity index (χ0) is 22.6. The molecule has 3 aromatic rings. The molecule has 2 heterocycles. The van der Waals surface area contributed by atoms with Crippen molar-refractivity contribution in [2.45, 2.75) is 39.3 Å². The zero-order valence-electron chi connectivity index (χ0n) is 17.6. The van der Waals surface area contributed by atoms with Crippen LogP contribution in [0.25, 0.3) is 22.5 Å². The number of unbranched alkanes of at least 4 members (excludes halogenated alkanes) is 1. The summed E-state index contributed by atoms with van der Waals surface area (Å²) < 4.78 is 43.0. The molecule has 1 aromatic carbocycles. The number of hydrogen-bond donors (Lipinski definition) is 1. The second-order valence-corrected chi connectivity index (χ2v) is 7.31. The third-order valence-electron chi connectivity index (χ3n) is 5.02. The highest BCUT2D eigenvalue weighted by Gasteiger charge is 2.35. The lowest BCUT2D eigenvalue weighted by Crippen LogP contribution is -2.14. The lowest BCUT2D eigenvalue weighted by Gasteiger charge is -2.16. The minimum Gasteiger partial charge on any atom is -0.398 e. The van der Waals surface area contributed by atoms with Gasteiger partial charge in [0.05, 0.1) is 17.6 Å². The SMILES string of the molecule is C=CC=CC(=C(CCCC)C(F)(F)F)c1ccc2nc(-c3ccc(C)c(N)c3)cn2n1. The van der Waals surface area contributed by atoms with Crippen molar-refractivity contribution < 1.29 is 13.2 Å². The van der Waals surface area contributed by atoms with Crippen LogP contribution in [0.1, 0.15) is 37.4 Å². The predicted molar refractivity (Wildman–Crippen MR) is 119 cm³/mol. The Bertz CT molecular complexity index is 1150. The van der Waals surface area contributed by atoms with Crippen LogP contribution in [-0.2, 0) is 0 Å². The second kappa shape index (κ2) is 9.20. The van der Waals surface area contributed by atoms with Crippen molar-refractivity contribution in [1.82, 2.24) is 14.6 Å². The van der Waals surface area contributed by atoms with Crippen LogP contribution in [-0.4, -0.2) is 20.8 Å². The normalized spacial score (nSPS) is 13.1. The summed E-state index contributed by atoms with van der Waals surface area (Å²) in [4.78, 5) is 4.53. The van der Waals surface area contributed by atoms with E-state index in [1.165, 1.54) is 22.7 Å². The molecule has 0 unspecified atom stereocenters. The van der Waals surface area contributed by atoms with Crippen molar-refractivity contribution in [2.75, 3.05) is 5.73 Å². The summed E-state index contributed by atoms with van der Waals surface area (Å²) in [6, 6.07) is 8.86. The van der Waals surface area contributed by atoms with Crippen LogP contribution in [0.4, 0.5) is 18.9 Å². The van der Waals surface area contributed by atoms with E-state index in [-0.39, 0.29) is 17.7 Å². The van der Waals surface area contributed by atoms with Crippen molar-refractivity contribution in [3.8, 4) is 11.3 Å². The van der Waals surface area contributed by atoms with Gasteiger partial charge in [-0.3, -0.25) is 0 Å². The minimum atomic E-state index is -4.45. The maximum Gasteiger partial charge on any atom is 0.413 e. The topological polar surface area (TPSA) is 56.2 Å². The minimum absolute atomic E-state index is 0.0394. The summed E-state index contributed by atoms with van der Waals surface area (Å²) in [7, 11) is 0. The molecule has 2 aromatic heterocycles. The number of aromatic nitrogens is 3. The maximum atomic E-state index is 13.8.